The molecule has 2 aromatic carbocycles. The molecule has 0 saturated carbocycles. The summed E-state index contributed by atoms with van der Waals surface area (Å²) < 4.78 is 10.8. The lowest BCUT2D eigenvalue weighted by atomic mass is 9.94. The van der Waals surface area contributed by atoms with Crippen LogP contribution in [-0.2, 0) is 35.3 Å². The minimum absolute atomic E-state index is 0.253. The van der Waals surface area contributed by atoms with Gasteiger partial charge in [-0.05, 0) is 41.7 Å². The number of aryl methyl sites for hydroxylation is 1. The summed E-state index contributed by atoms with van der Waals surface area (Å²) in [5.74, 6) is -0.253. The molecule has 1 aliphatic rings. The van der Waals surface area contributed by atoms with Crippen molar-refractivity contribution in [3.63, 3.8) is 0 Å². The third-order valence-corrected chi connectivity index (χ3v) is 5.69. The standard InChI is InChI=1S/C24H25NO4/c1-3-16-9-10-20-19(12-22(26)29-21(20)11-16)15-25-24(23(27)28-4-2)13-17-7-5-6-8-18(17)14-24/h5-12,25H,3-4,13-15H2,1-2H3. The van der Waals surface area contributed by atoms with E-state index in [1.54, 1.807) is 0 Å². The van der Waals surface area contributed by atoms with E-state index in [1.165, 1.54) is 6.07 Å². The smallest absolute Gasteiger partial charge is 0.336 e. The van der Waals surface area contributed by atoms with Crippen LogP contribution in [0.3, 0.4) is 0 Å². The minimum atomic E-state index is -0.828. The number of rotatable bonds is 6. The van der Waals surface area contributed by atoms with E-state index in [9.17, 15) is 9.59 Å². The van der Waals surface area contributed by atoms with Gasteiger partial charge in [0, 0.05) is 30.8 Å². The van der Waals surface area contributed by atoms with Crippen molar-refractivity contribution in [2.75, 3.05) is 6.61 Å². The Morgan fingerprint density at radius 1 is 1.10 bits per heavy atom. The molecule has 0 spiro atoms. The van der Waals surface area contributed by atoms with Crippen LogP contribution in [0.1, 0.15) is 36.1 Å². The summed E-state index contributed by atoms with van der Waals surface area (Å²) in [5.41, 5.74) is 3.59. The third kappa shape index (κ3) is 3.70. The van der Waals surface area contributed by atoms with E-state index in [4.69, 9.17) is 9.15 Å². The van der Waals surface area contributed by atoms with Crippen LogP contribution in [0.15, 0.2) is 57.7 Å². The molecule has 3 aromatic rings. The third-order valence-electron chi connectivity index (χ3n) is 5.69. The van der Waals surface area contributed by atoms with Gasteiger partial charge in [-0.1, -0.05) is 43.3 Å². The predicted octanol–water partition coefficient (Wildman–Crippen LogP) is 3.55. The highest BCUT2D eigenvalue weighted by Gasteiger charge is 2.44. The number of esters is 1. The second-order valence-corrected chi connectivity index (χ2v) is 7.55. The van der Waals surface area contributed by atoms with Gasteiger partial charge in [-0.2, -0.15) is 0 Å². The molecule has 4 rings (SSSR count). The molecule has 5 heteroatoms. The maximum absolute atomic E-state index is 12.9. The summed E-state index contributed by atoms with van der Waals surface area (Å²) in [6, 6.07) is 15.5. The quantitative estimate of drug-likeness (QED) is 0.514. The van der Waals surface area contributed by atoms with Crippen LogP contribution in [0.5, 0.6) is 0 Å². The lowest BCUT2D eigenvalue weighted by Crippen LogP contribution is -2.53. The Morgan fingerprint density at radius 2 is 1.83 bits per heavy atom. The fourth-order valence-corrected chi connectivity index (χ4v) is 4.13. The first-order valence-corrected chi connectivity index (χ1v) is 10.1. The second kappa shape index (κ2) is 7.84. The predicted molar refractivity (Wildman–Crippen MR) is 112 cm³/mol. The summed E-state index contributed by atoms with van der Waals surface area (Å²) in [5, 5.41) is 4.31. The molecule has 0 bridgehead atoms. The van der Waals surface area contributed by atoms with Gasteiger partial charge in [0.05, 0.1) is 6.61 Å². The van der Waals surface area contributed by atoms with Crippen molar-refractivity contribution in [1.29, 1.82) is 0 Å². The van der Waals surface area contributed by atoms with Gasteiger partial charge in [-0.3, -0.25) is 10.1 Å². The fourth-order valence-electron chi connectivity index (χ4n) is 4.13. The zero-order chi connectivity index (χ0) is 20.4. The molecule has 0 unspecified atom stereocenters. The van der Waals surface area contributed by atoms with Gasteiger partial charge in [0.25, 0.3) is 0 Å². The van der Waals surface area contributed by atoms with E-state index in [-0.39, 0.29) is 11.6 Å². The second-order valence-electron chi connectivity index (χ2n) is 7.55. The van der Waals surface area contributed by atoms with E-state index in [1.807, 2.05) is 37.3 Å². The number of hydrogen-bond donors (Lipinski definition) is 1. The first-order valence-electron chi connectivity index (χ1n) is 10.1. The van der Waals surface area contributed by atoms with Gasteiger partial charge in [-0.15, -0.1) is 0 Å². The number of carbonyl (C=O) groups is 1. The number of carbonyl (C=O) groups excluding carboxylic acids is 1. The monoisotopic (exact) mass is 391 g/mol. The van der Waals surface area contributed by atoms with E-state index in [0.29, 0.717) is 31.6 Å². The van der Waals surface area contributed by atoms with Crippen molar-refractivity contribution in [1.82, 2.24) is 5.32 Å². The molecule has 1 heterocycles. The first kappa shape index (κ1) is 19.4. The molecule has 1 N–H and O–H groups in total. The van der Waals surface area contributed by atoms with Crippen molar-refractivity contribution >= 4 is 16.9 Å². The van der Waals surface area contributed by atoms with Crippen molar-refractivity contribution < 1.29 is 13.9 Å². The van der Waals surface area contributed by atoms with Crippen LogP contribution in [0, 0.1) is 0 Å². The Balaban J connectivity index is 1.67. The number of nitrogens with one attached hydrogen (secondary N) is 1. The molecule has 150 valence electrons. The van der Waals surface area contributed by atoms with Gasteiger partial charge >= 0.3 is 11.6 Å². The van der Waals surface area contributed by atoms with Crippen LogP contribution >= 0.6 is 0 Å². The van der Waals surface area contributed by atoms with Crippen molar-refractivity contribution in [3.05, 3.63) is 81.2 Å². The molecule has 0 saturated heterocycles. The summed E-state index contributed by atoms with van der Waals surface area (Å²) in [6.07, 6.45) is 2.01. The topological polar surface area (TPSA) is 68.5 Å². The molecule has 0 amide bonds. The van der Waals surface area contributed by atoms with E-state index >= 15 is 0 Å². The van der Waals surface area contributed by atoms with Crippen molar-refractivity contribution in [3.8, 4) is 0 Å². The molecular weight excluding hydrogens is 366 g/mol. The zero-order valence-corrected chi connectivity index (χ0v) is 16.8. The summed E-state index contributed by atoms with van der Waals surface area (Å²) in [6.45, 7) is 4.58. The van der Waals surface area contributed by atoms with E-state index < -0.39 is 5.54 Å². The van der Waals surface area contributed by atoms with E-state index in [0.717, 1.165) is 34.1 Å². The Labute approximate surface area is 169 Å². The van der Waals surface area contributed by atoms with Crippen LogP contribution < -0.4 is 10.9 Å². The fraction of sp³-hybridized carbons (Fsp3) is 0.333. The number of fused-ring (bicyclic) bond motifs is 2. The van der Waals surface area contributed by atoms with Crippen LogP contribution in [0.2, 0.25) is 0 Å². The maximum Gasteiger partial charge on any atom is 0.336 e. The Morgan fingerprint density at radius 3 is 2.48 bits per heavy atom. The first-order chi connectivity index (χ1) is 14.0. The Hall–Kier alpha value is -2.92. The Bertz CT molecular complexity index is 1090. The summed E-state index contributed by atoms with van der Waals surface area (Å²) >= 11 is 0. The van der Waals surface area contributed by atoms with Gasteiger partial charge in [0.2, 0.25) is 0 Å². The molecule has 0 radical (unpaired) electrons. The molecule has 1 aromatic heterocycles. The molecule has 29 heavy (non-hydrogen) atoms. The average Bonchev–Trinajstić information content (AvgIpc) is 3.11. The van der Waals surface area contributed by atoms with Gasteiger partial charge < -0.3 is 9.15 Å². The number of hydrogen-bond acceptors (Lipinski definition) is 5. The number of ether oxygens (including phenoxy) is 1. The lowest BCUT2D eigenvalue weighted by Gasteiger charge is -2.28. The van der Waals surface area contributed by atoms with Gasteiger partial charge in [0.1, 0.15) is 11.1 Å². The number of benzene rings is 2. The summed E-state index contributed by atoms with van der Waals surface area (Å²) in [7, 11) is 0. The molecule has 0 fully saturated rings. The van der Waals surface area contributed by atoms with E-state index in [2.05, 4.69) is 24.4 Å². The molecule has 1 aliphatic carbocycles. The highest BCUT2D eigenvalue weighted by Crippen LogP contribution is 2.32. The van der Waals surface area contributed by atoms with Gasteiger partial charge in [0.15, 0.2) is 0 Å². The minimum Gasteiger partial charge on any atom is -0.465 e. The highest BCUT2D eigenvalue weighted by atomic mass is 16.5. The SMILES string of the molecule is CCOC(=O)C1(NCc2cc(=O)oc3cc(CC)ccc23)Cc2ccccc2C1. The zero-order valence-electron chi connectivity index (χ0n) is 16.8. The lowest BCUT2D eigenvalue weighted by molar-refractivity contribution is -0.151. The Kier molecular flexibility index (Phi) is 5.24. The average molecular weight is 391 g/mol. The molecule has 0 aliphatic heterocycles. The molecule has 5 nitrogen and oxygen atoms in total. The van der Waals surface area contributed by atoms with Crippen molar-refractivity contribution in [2.45, 2.75) is 45.2 Å². The maximum atomic E-state index is 12.9. The van der Waals surface area contributed by atoms with Crippen LogP contribution in [0.25, 0.3) is 11.0 Å². The van der Waals surface area contributed by atoms with Crippen molar-refractivity contribution in [2.24, 2.45) is 0 Å². The largest absolute Gasteiger partial charge is 0.465 e. The summed E-state index contributed by atoms with van der Waals surface area (Å²) in [4.78, 5) is 25.0. The molecular formula is C24H25NO4. The normalized spacial score (nSPS) is 14.7. The molecule has 0 atom stereocenters. The van der Waals surface area contributed by atoms with Crippen LogP contribution in [0.4, 0.5) is 0 Å². The van der Waals surface area contributed by atoms with Crippen LogP contribution in [-0.4, -0.2) is 18.1 Å². The highest BCUT2D eigenvalue weighted by molar-refractivity contribution is 5.84. The van der Waals surface area contributed by atoms with Gasteiger partial charge in [-0.25, -0.2) is 4.79 Å².